The molecule has 0 amide bonds. The van der Waals surface area contributed by atoms with E-state index in [1.54, 1.807) is 18.2 Å². The van der Waals surface area contributed by atoms with Gasteiger partial charge in [-0.15, -0.1) is 0 Å². The van der Waals surface area contributed by atoms with Crippen LogP contribution in [0.2, 0.25) is 0 Å². The number of aromatic carboxylic acids is 1. The molecule has 0 bridgehead atoms. The van der Waals surface area contributed by atoms with E-state index in [9.17, 15) is 17.8 Å². The predicted molar refractivity (Wildman–Crippen MR) is 94.8 cm³/mol. The minimum Gasteiger partial charge on any atom is -0.478 e. The Kier molecular flexibility index (Phi) is 3.81. The summed E-state index contributed by atoms with van der Waals surface area (Å²) in [6.07, 6.45) is 0. The summed E-state index contributed by atoms with van der Waals surface area (Å²) in [6.45, 7) is 5.89. The second-order valence-electron chi connectivity index (χ2n) is 6.55. The Bertz CT molecular complexity index is 1020. The lowest BCUT2D eigenvalue weighted by Crippen LogP contribution is -2.26. The third-order valence-corrected chi connectivity index (χ3v) is 5.64. The molecule has 6 nitrogen and oxygen atoms in total. The third-order valence-electron chi connectivity index (χ3n) is 4.79. The Morgan fingerprint density at radius 1 is 1.08 bits per heavy atom. The van der Waals surface area contributed by atoms with Gasteiger partial charge in [0.2, 0.25) is 11.4 Å². The van der Waals surface area contributed by atoms with Gasteiger partial charge in [0, 0.05) is 30.7 Å². The van der Waals surface area contributed by atoms with E-state index in [1.165, 1.54) is 24.3 Å². The van der Waals surface area contributed by atoms with Crippen molar-refractivity contribution in [1.29, 1.82) is 0 Å². The van der Waals surface area contributed by atoms with Crippen LogP contribution in [0.25, 0.3) is 0 Å². The summed E-state index contributed by atoms with van der Waals surface area (Å²) in [6, 6.07) is 11.0. The normalized spacial score (nSPS) is 16.0. The molecule has 25 heavy (non-hydrogen) atoms. The van der Waals surface area contributed by atoms with Crippen LogP contribution in [-0.2, 0) is 15.5 Å². The molecule has 130 valence electrons. The van der Waals surface area contributed by atoms with Crippen LogP contribution < -0.4 is 4.58 Å². The van der Waals surface area contributed by atoms with Crippen molar-refractivity contribution in [3.05, 3.63) is 53.6 Å². The predicted octanol–water partition coefficient (Wildman–Crippen LogP) is 3.22. The average Bonchev–Trinajstić information content (AvgIpc) is 2.73. The minimum absolute atomic E-state index is 0.143. The lowest BCUT2D eigenvalue weighted by atomic mass is 9.82. The second kappa shape index (κ2) is 5.50. The van der Waals surface area contributed by atoms with E-state index < -0.39 is 21.5 Å². The standard InChI is InChI=1S/C18H17NO5S/c1-11-18(2,3)15-10-14(25(22,23)24)8-9-16(15)19(11)13-6-4-12(5-7-13)17(20)21/h4-10H,1-3H3,(H-,20,21,22,23,24)/p+1. The summed E-state index contributed by atoms with van der Waals surface area (Å²) >= 11 is 0. The molecule has 1 heterocycles. The van der Waals surface area contributed by atoms with E-state index >= 15 is 0 Å². The lowest BCUT2D eigenvalue weighted by Gasteiger charge is -2.15. The number of hydrogen-bond donors (Lipinski definition) is 2. The third kappa shape index (κ3) is 2.75. The summed E-state index contributed by atoms with van der Waals surface area (Å²) in [5.41, 5.74) is 3.09. The molecule has 0 atom stereocenters. The Morgan fingerprint density at radius 3 is 2.20 bits per heavy atom. The van der Waals surface area contributed by atoms with Crippen LogP contribution in [-0.4, -0.2) is 29.8 Å². The molecule has 0 saturated heterocycles. The van der Waals surface area contributed by atoms with E-state index in [2.05, 4.69) is 0 Å². The highest BCUT2D eigenvalue weighted by Gasteiger charge is 2.44. The number of carboxylic acids is 1. The first-order valence-corrected chi connectivity index (χ1v) is 9.07. The highest BCUT2D eigenvalue weighted by atomic mass is 32.2. The van der Waals surface area contributed by atoms with Gasteiger partial charge >= 0.3 is 5.97 Å². The van der Waals surface area contributed by atoms with E-state index in [0.717, 1.165) is 22.6 Å². The monoisotopic (exact) mass is 360 g/mol. The van der Waals surface area contributed by atoms with E-state index in [0.29, 0.717) is 0 Å². The number of carbonyl (C=O) groups is 1. The van der Waals surface area contributed by atoms with Crippen LogP contribution >= 0.6 is 0 Å². The average molecular weight is 360 g/mol. The molecule has 7 heteroatoms. The van der Waals surface area contributed by atoms with Crippen LogP contribution in [0.3, 0.4) is 0 Å². The molecule has 2 aromatic rings. The van der Waals surface area contributed by atoms with Crippen molar-refractivity contribution in [2.75, 3.05) is 0 Å². The van der Waals surface area contributed by atoms with Crippen molar-refractivity contribution in [2.45, 2.75) is 31.1 Å². The van der Waals surface area contributed by atoms with E-state index in [1.807, 2.05) is 25.3 Å². The number of fused-ring (bicyclic) bond motifs is 1. The number of nitrogens with zero attached hydrogens (tertiary/aromatic N) is 1. The maximum atomic E-state index is 11.5. The number of hydrogen-bond acceptors (Lipinski definition) is 3. The molecule has 2 N–H and O–H groups in total. The van der Waals surface area contributed by atoms with Crippen molar-refractivity contribution in [3.63, 3.8) is 0 Å². The summed E-state index contributed by atoms with van der Waals surface area (Å²) < 4.78 is 34.2. The van der Waals surface area contributed by atoms with Crippen molar-refractivity contribution >= 4 is 33.2 Å². The molecular formula is C18H18NO5S+. The molecule has 0 unspecified atom stereocenters. The van der Waals surface area contributed by atoms with Crippen LogP contribution in [0.1, 0.15) is 36.7 Å². The fourth-order valence-corrected chi connectivity index (χ4v) is 3.62. The number of benzene rings is 2. The van der Waals surface area contributed by atoms with Gasteiger partial charge in [-0.2, -0.15) is 13.0 Å². The van der Waals surface area contributed by atoms with Gasteiger partial charge in [-0.25, -0.2) is 4.79 Å². The first-order chi connectivity index (χ1) is 11.5. The van der Waals surface area contributed by atoms with Gasteiger partial charge in [0.1, 0.15) is 0 Å². The molecule has 0 spiro atoms. The summed E-state index contributed by atoms with van der Waals surface area (Å²) in [4.78, 5) is 10.9. The number of rotatable bonds is 3. The quantitative estimate of drug-likeness (QED) is 0.647. The molecule has 1 aliphatic rings. The molecule has 0 radical (unpaired) electrons. The second-order valence-corrected chi connectivity index (χ2v) is 7.97. The van der Waals surface area contributed by atoms with E-state index in [4.69, 9.17) is 5.11 Å². The van der Waals surface area contributed by atoms with Gasteiger partial charge < -0.3 is 5.11 Å². The minimum atomic E-state index is -4.28. The summed E-state index contributed by atoms with van der Waals surface area (Å²) in [7, 11) is -4.28. The smallest absolute Gasteiger partial charge is 0.335 e. The Morgan fingerprint density at radius 2 is 1.68 bits per heavy atom. The summed E-state index contributed by atoms with van der Waals surface area (Å²) in [5.74, 6) is -0.993. The molecule has 0 fully saturated rings. The van der Waals surface area contributed by atoms with Crippen molar-refractivity contribution in [3.8, 4) is 0 Å². The fourth-order valence-electron chi connectivity index (χ4n) is 3.11. The molecule has 1 aliphatic heterocycles. The zero-order valence-corrected chi connectivity index (χ0v) is 14.8. The first kappa shape index (κ1) is 17.3. The first-order valence-electron chi connectivity index (χ1n) is 7.63. The SMILES string of the molecule is CC1=[N+](c2ccc(C(=O)O)cc2)c2ccc(S(=O)(=O)O)cc2C1(C)C. The molecule has 0 aliphatic carbocycles. The van der Waals surface area contributed by atoms with Gasteiger partial charge in [0.25, 0.3) is 10.1 Å². The fraction of sp³-hybridized carbons (Fsp3) is 0.222. The zero-order chi connectivity index (χ0) is 18.6. The van der Waals surface area contributed by atoms with Crippen molar-refractivity contribution in [2.24, 2.45) is 0 Å². The van der Waals surface area contributed by atoms with Crippen LogP contribution in [0.15, 0.2) is 47.4 Å². The van der Waals surface area contributed by atoms with Gasteiger partial charge in [-0.3, -0.25) is 4.55 Å². The van der Waals surface area contributed by atoms with Crippen LogP contribution in [0, 0.1) is 0 Å². The summed E-state index contributed by atoms with van der Waals surface area (Å²) in [5, 5.41) is 9.04. The Balaban J connectivity index is 2.20. The lowest BCUT2D eigenvalue weighted by molar-refractivity contribution is 0.0697. The maximum Gasteiger partial charge on any atom is 0.335 e. The zero-order valence-electron chi connectivity index (χ0n) is 14.0. The Labute approximate surface area is 145 Å². The molecule has 2 aromatic carbocycles. The van der Waals surface area contributed by atoms with E-state index in [-0.39, 0.29) is 10.5 Å². The Hall–Kier alpha value is -2.51. The van der Waals surface area contributed by atoms with Gasteiger partial charge in [0.05, 0.1) is 15.9 Å². The molecular weight excluding hydrogens is 342 g/mol. The topological polar surface area (TPSA) is 94.7 Å². The maximum absolute atomic E-state index is 11.5. The van der Waals surface area contributed by atoms with Crippen LogP contribution in [0.5, 0.6) is 0 Å². The van der Waals surface area contributed by atoms with Crippen LogP contribution in [0.4, 0.5) is 11.4 Å². The molecule has 0 aromatic heterocycles. The van der Waals surface area contributed by atoms with Gasteiger partial charge in [-0.1, -0.05) is 0 Å². The highest BCUT2D eigenvalue weighted by molar-refractivity contribution is 7.85. The van der Waals surface area contributed by atoms with Gasteiger partial charge in [0.15, 0.2) is 5.71 Å². The molecule has 3 rings (SSSR count). The largest absolute Gasteiger partial charge is 0.478 e. The van der Waals surface area contributed by atoms with Gasteiger partial charge in [-0.05, 0) is 38.1 Å². The number of carboxylic acid groups (broad SMARTS) is 1. The highest BCUT2D eigenvalue weighted by Crippen LogP contribution is 2.42. The molecule has 0 saturated carbocycles. The van der Waals surface area contributed by atoms with Crippen molar-refractivity contribution < 1.29 is 22.9 Å². The van der Waals surface area contributed by atoms with Crippen molar-refractivity contribution in [1.82, 2.24) is 4.58 Å².